The van der Waals surface area contributed by atoms with Crippen molar-refractivity contribution in [3.8, 4) is 0 Å². The van der Waals surface area contributed by atoms with Gasteiger partial charge in [0.05, 0.1) is 11.3 Å². The molecule has 2 N–H and O–H groups in total. The molecule has 0 saturated carbocycles. The van der Waals surface area contributed by atoms with Crippen LogP contribution >= 0.6 is 11.8 Å². The van der Waals surface area contributed by atoms with E-state index in [1.165, 1.54) is 23.9 Å². The predicted octanol–water partition coefficient (Wildman–Crippen LogP) is 1.88. The smallest absolute Gasteiger partial charge is 0.337 e. The zero-order valence-corrected chi connectivity index (χ0v) is 11.5. The Kier molecular flexibility index (Phi) is 4.62. The molecule has 1 aromatic rings. The summed E-state index contributed by atoms with van der Waals surface area (Å²) < 4.78 is 0. The number of nitrogens with one attached hydrogen (secondary N) is 1. The van der Waals surface area contributed by atoms with E-state index < -0.39 is 5.97 Å². The van der Waals surface area contributed by atoms with Gasteiger partial charge in [-0.2, -0.15) is 0 Å². The first kappa shape index (κ1) is 14.4. The maximum Gasteiger partial charge on any atom is 0.337 e. The minimum atomic E-state index is -1.09. The molecule has 0 aliphatic carbocycles. The third-order valence-corrected chi connectivity index (χ3v) is 3.78. The van der Waals surface area contributed by atoms with Crippen LogP contribution in [0.1, 0.15) is 16.8 Å². The van der Waals surface area contributed by atoms with Crippen molar-refractivity contribution >= 4 is 34.6 Å². The number of hydrogen-bond donors (Lipinski definition) is 2. The first-order chi connectivity index (χ1) is 9.58. The van der Waals surface area contributed by atoms with Crippen LogP contribution in [-0.2, 0) is 4.79 Å². The summed E-state index contributed by atoms with van der Waals surface area (Å²) in [6.45, 7) is 1.01. The number of carbonyl (C=O) groups excluding carboxylic acids is 2. The van der Waals surface area contributed by atoms with Crippen molar-refractivity contribution in [2.24, 2.45) is 0 Å². The SMILES string of the molecule is O=C(CCN1CCSC1=O)Nc1ccccc1C(=O)O. The Balaban J connectivity index is 1.91. The highest BCUT2D eigenvalue weighted by Gasteiger charge is 2.21. The van der Waals surface area contributed by atoms with Crippen molar-refractivity contribution in [2.45, 2.75) is 6.42 Å². The highest BCUT2D eigenvalue weighted by Crippen LogP contribution is 2.18. The van der Waals surface area contributed by atoms with Gasteiger partial charge in [-0.15, -0.1) is 0 Å². The summed E-state index contributed by atoms with van der Waals surface area (Å²) in [6, 6.07) is 6.22. The Hall–Kier alpha value is -2.02. The average Bonchev–Trinajstić information content (AvgIpc) is 2.82. The van der Waals surface area contributed by atoms with Crippen molar-refractivity contribution < 1.29 is 19.5 Å². The van der Waals surface area contributed by atoms with E-state index in [2.05, 4.69) is 5.32 Å². The molecule has 0 aromatic heterocycles. The van der Waals surface area contributed by atoms with E-state index in [1.54, 1.807) is 17.0 Å². The van der Waals surface area contributed by atoms with Gasteiger partial charge in [-0.05, 0) is 12.1 Å². The monoisotopic (exact) mass is 294 g/mol. The first-order valence-corrected chi connectivity index (χ1v) is 7.10. The molecule has 1 aliphatic heterocycles. The Morgan fingerprint density at radius 1 is 1.35 bits per heavy atom. The molecular weight excluding hydrogens is 280 g/mol. The summed E-state index contributed by atoms with van der Waals surface area (Å²) in [5, 5.41) is 11.6. The number of para-hydroxylation sites is 1. The van der Waals surface area contributed by atoms with Crippen LogP contribution in [0.4, 0.5) is 10.5 Å². The van der Waals surface area contributed by atoms with Crippen LogP contribution < -0.4 is 5.32 Å². The minimum Gasteiger partial charge on any atom is -0.478 e. The third kappa shape index (κ3) is 3.51. The summed E-state index contributed by atoms with van der Waals surface area (Å²) >= 11 is 1.24. The summed E-state index contributed by atoms with van der Waals surface area (Å²) in [5.41, 5.74) is 0.320. The lowest BCUT2D eigenvalue weighted by Gasteiger charge is -2.14. The largest absolute Gasteiger partial charge is 0.478 e. The molecule has 6 nitrogen and oxygen atoms in total. The summed E-state index contributed by atoms with van der Waals surface area (Å²) in [7, 11) is 0. The predicted molar refractivity (Wildman–Crippen MR) is 76.1 cm³/mol. The van der Waals surface area contributed by atoms with Crippen LogP contribution in [0, 0.1) is 0 Å². The number of nitrogens with zero attached hydrogens (tertiary/aromatic N) is 1. The van der Waals surface area contributed by atoms with E-state index in [-0.39, 0.29) is 28.8 Å². The lowest BCUT2D eigenvalue weighted by atomic mass is 10.2. The number of carbonyl (C=O) groups is 3. The van der Waals surface area contributed by atoms with Gasteiger partial charge in [-0.25, -0.2) is 4.79 Å². The van der Waals surface area contributed by atoms with Gasteiger partial charge in [0.25, 0.3) is 5.24 Å². The molecule has 1 aliphatic rings. The summed E-state index contributed by atoms with van der Waals surface area (Å²) in [5.74, 6) is -0.641. The standard InChI is InChI=1S/C13H14N2O4S/c16-11(5-6-15-7-8-20-13(15)19)14-10-4-2-1-3-9(10)12(17)18/h1-4H,5-8H2,(H,14,16)(H,17,18). The van der Waals surface area contributed by atoms with Crippen LogP contribution in [-0.4, -0.2) is 46.0 Å². The van der Waals surface area contributed by atoms with Gasteiger partial charge >= 0.3 is 5.97 Å². The second-order valence-corrected chi connectivity index (χ2v) is 5.30. The van der Waals surface area contributed by atoms with Crippen LogP contribution in [0.25, 0.3) is 0 Å². The molecule has 0 atom stereocenters. The zero-order valence-electron chi connectivity index (χ0n) is 10.7. The first-order valence-electron chi connectivity index (χ1n) is 6.12. The van der Waals surface area contributed by atoms with Crippen molar-refractivity contribution in [3.63, 3.8) is 0 Å². The topological polar surface area (TPSA) is 86.7 Å². The molecule has 0 unspecified atom stereocenters. The molecule has 0 radical (unpaired) electrons. The van der Waals surface area contributed by atoms with Gasteiger partial charge in [0.15, 0.2) is 0 Å². The van der Waals surface area contributed by atoms with Crippen LogP contribution in [0.2, 0.25) is 0 Å². The minimum absolute atomic E-state index is 0.0104. The van der Waals surface area contributed by atoms with E-state index in [4.69, 9.17) is 5.11 Å². The Bertz CT molecular complexity index is 547. The number of rotatable bonds is 5. The molecule has 0 spiro atoms. The molecular formula is C13H14N2O4S. The molecule has 1 saturated heterocycles. The van der Waals surface area contributed by atoms with Gasteiger partial charge in [0, 0.05) is 25.3 Å². The number of thioether (sulfide) groups is 1. The fraction of sp³-hybridized carbons (Fsp3) is 0.308. The zero-order chi connectivity index (χ0) is 14.5. The molecule has 2 amide bonds. The van der Waals surface area contributed by atoms with E-state index in [9.17, 15) is 14.4 Å². The summed E-state index contributed by atoms with van der Waals surface area (Å²) in [4.78, 5) is 35.8. The maximum absolute atomic E-state index is 11.8. The fourth-order valence-corrected chi connectivity index (χ4v) is 2.71. The molecule has 106 valence electrons. The molecule has 2 rings (SSSR count). The molecule has 1 aromatic carbocycles. The second-order valence-electron chi connectivity index (χ2n) is 4.25. The van der Waals surface area contributed by atoms with Gasteiger partial charge in [0.2, 0.25) is 5.91 Å². The normalized spacial score (nSPS) is 14.4. The van der Waals surface area contributed by atoms with Gasteiger partial charge in [-0.1, -0.05) is 23.9 Å². The van der Waals surface area contributed by atoms with Gasteiger partial charge in [0.1, 0.15) is 0 Å². The molecule has 20 heavy (non-hydrogen) atoms. The number of benzene rings is 1. The fourth-order valence-electron chi connectivity index (χ4n) is 1.86. The van der Waals surface area contributed by atoms with Crippen LogP contribution in [0.5, 0.6) is 0 Å². The van der Waals surface area contributed by atoms with Crippen LogP contribution in [0.3, 0.4) is 0 Å². The molecule has 7 heteroatoms. The second kappa shape index (κ2) is 6.42. The molecule has 1 heterocycles. The molecule has 0 bridgehead atoms. The number of anilines is 1. The van der Waals surface area contributed by atoms with Crippen molar-refractivity contribution in [1.29, 1.82) is 0 Å². The quantitative estimate of drug-likeness (QED) is 0.866. The lowest BCUT2D eigenvalue weighted by Crippen LogP contribution is -2.28. The van der Waals surface area contributed by atoms with Gasteiger partial charge in [-0.3, -0.25) is 9.59 Å². The molecule has 1 fully saturated rings. The number of carboxylic acids is 1. The van der Waals surface area contributed by atoms with Crippen LogP contribution in [0.15, 0.2) is 24.3 Å². The van der Waals surface area contributed by atoms with E-state index in [1.807, 2.05) is 0 Å². The maximum atomic E-state index is 11.8. The van der Waals surface area contributed by atoms with E-state index >= 15 is 0 Å². The Morgan fingerprint density at radius 2 is 2.10 bits per heavy atom. The average molecular weight is 294 g/mol. The van der Waals surface area contributed by atoms with Crippen molar-refractivity contribution in [1.82, 2.24) is 4.90 Å². The van der Waals surface area contributed by atoms with Crippen molar-refractivity contribution in [3.05, 3.63) is 29.8 Å². The Morgan fingerprint density at radius 3 is 2.75 bits per heavy atom. The van der Waals surface area contributed by atoms with Gasteiger partial charge < -0.3 is 15.3 Å². The number of carboxylic acid groups (broad SMARTS) is 1. The number of aromatic carboxylic acids is 1. The summed E-state index contributed by atoms with van der Waals surface area (Å²) in [6.07, 6.45) is 0.153. The lowest BCUT2D eigenvalue weighted by molar-refractivity contribution is -0.116. The third-order valence-electron chi connectivity index (χ3n) is 2.89. The Labute approximate surface area is 120 Å². The number of amides is 2. The number of hydrogen-bond acceptors (Lipinski definition) is 4. The van der Waals surface area contributed by atoms with E-state index in [0.29, 0.717) is 13.1 Å². The highest BCUT2D eigenvalue weighted by atomic mass is 32.2. The van der Waals surface area contributed by atoms with Crippen molar-refractivity contribution in [2.75, 3.05) is 24.2 Å². The highest BCUT2D eigenvalue weighted by molar-refractivity contribution is 8.13. The van der Waals surface area contributed by atoms with E-state index in [0.717, 1.165) is 5.75 Å².